The third-order valence-electron chi connectivity index (χ3n) is 0.676. The van der Waals surface area contributed by atoms with Crippen LogP contribution in [0.15, 0.2) is 4.99 Å². The first-order valence-corrected chi connectivity index (χ1v) is 3.36. The van der Waals surface area contributed by atoms with Crippen LogP contribution in [0, 0.1) is 0 Å². The Morgan fingerprint density at radius 3 is 2.00 bits per heavy atom. The van der Waals surface area contributed by atoms with E-state index in [0.29, 0.717) is 0 Å². The minimum Gasteiger partial charge on any atom is -0.484 e. The van der Waals surface area contributed by atoms with Crippen LogP contribution in [0.25, 0.3) is 0 Å². The average Bonchev–Trinajstić information content (AvgIpc) is 1.93. The highest BCUT2D eigenvalue weighted by atomic mass is 16.5. The monoisotopic (exact) mass is 131 g/mol. The largest absolute Gasteiger partial charge is 0.484 e. The van der Waals surface area contributed by atoms with Gasteiger partial charge in [-0.25, -0.2) is 0 Å². The van der Waals surface area contributed by atoms with Gasteiger partial charge >= 0.3 is 0 Å². The Hall–Kier alpha value is -0.530. The molecule has 0 amide bonds. The van der Waals surface area contributed by atoms with Crippen LogP contribution in [0.2, 0.25) is 0 Å². The zero-order chi connectivity index (χ0) is 7.70. The van der Waals surface area contributed by atoms with Gasteiger partial charge in [0.1, 0.15) is 0 Å². The number of methoxy groups -OCH3 is 1. The molecule has 0 saturated carbocycles. The summed E-state index contributed by atoms with van der Waals surface area (Å²) in [7, 11) is 1.62. The van der Waals surface area contributed by atoms with E-state index in [-0.39, 0.29) is 0 Å². The van der Waals surface area contributed by atoms with Crippen molar-refractivity contribution in [1.29, 1.82) is 0 Å². The Bertz CT molecular complexity index is 69.3. The lowest BCUT2D eigenvalue weighted by Gasteiger charge is -1.92. The summed E-state index contributed by atoms with van der Waals surface area (Å²) in [5, 5.41) is 0. The van der Waals surface area contributed by atoms with Crippen LogP contribution in [0.4, 0.5) is 0 Å². The predicted molar refractivity (Wildman–Crippen MR) is 42.0 cm³/mol. The zero-order valence-corrected chi connectivity index (χ0v) is 7.06. The van der Waals surface area contributed by atoms with E-state index in [0.717, 1.165) is 12.4 Å². The lowest BCUT2D eigenvalue weighted by Crippen LogP contribution is -1.93. The highest BCUT2D eigenvalue weighted by Gasteiger charge is 1.77. The molecule has 0 rings (SSSR count). The fourth-order valence-corrected chi connectivity index (χ4v) is 0.287. The van der Waals surface area contributed by atoms with Crippen molar-refractivity contribution in [2.45, 2.75) is 27.7 Å². The number of aliphatic imine (C=N–C) groups is 1. The maximum absolute atomic E-state index is 4.74. The van der Waals surface area contributed by atoms with Crippen molar-refractivity contribution in [3.8, 4) is 0 Å². The van der Waals surface area contributed by atoms with Gasteiger partial charge in [-0.05, 0) is 6.92 Å². The minimum absolute atomic E-state index is 0.752. The molecule has 0 aromatic heterocycles. The molecule has 0 atom stereocenters. The number of hydrogen-bond acceptors (Lipinski definition) is 2. The van der Waals surface area contributed by atoms with Crippen molar-refractivity contribution in [3.63, 3.8) is 0 Å². The van der Waals surface area contributed by atoms with Crippen LogP contribution in [0.5, 0.6) is 0 Å². The van der Waals surface area contributed by atoms with E-state index in [1.807, 2.05) is 27.7 Å². The summed E-state index contributed by atoms with van der Waals surface area (Å²) >= 11 is 0. The Morgan fingerprint density at radius 1 is 1.44 bits per heavy atom. The second kappa shape index (κ2) is 10.5. The molecule has 2 heteroatoms. The second-order valence-corrected chi connectivity index (χ2v) is 1.20. The predicted octanol–water partition coefficient (Wildman–Crippen LogP) is 2.10. The topological polar surface area (TPSA) is 21.6 Å². The van der Waals surface area contributed by atoms with Crippen LogP contribution in [-0.2, 0) is 4.74 Å². The highest BCUT2D eigenvalue weighted by Crippen LogP contribution is 1.75. The van der Waals surface area contributed by atoms with Crippen molar-refractivity contribution in [3.05, 3.63) is 0 Å². The van der Waals surface area contributed by atoms with E-state index in [1.165, 1.54) is 0 Å². The fraction of sp³-hybridized carbons (Fsp3) is 0.857. The molecule has 0 unspecified atom stereocenters. The summed E-state index contributed by atoms with van der Waals surface area (Å²) in [4.78, 5) is 3.94. The van der Waals surface area contributed by atoms with Gasteiger partial charge < -0.3 is 4.74 Å². The molecule has 0 saturated heterocycles. The fourth-order valence-electron chi connectivity index (χ4n) is 0.287. The van der Waals surface area contributed by atoms with E-state index < -0.39 is 0 Å². The molecule has 0 spiro atoms. The minimum atomic E-state index is 0.752. The summed E-state index contributed by atoms with van der Waals surface area (Å²) in [5.74, 6) is 0.752. The molecule has 0 aliphatic heterocycles. The molecule has 0 radical (unpaired) electrons. The first kappa shape index (κ1) is 11.3. The molecular formula is C7H17NO. The molecule has 0 N–H and O–H groups in total. The summed E-state index contributed by atoms with van der Waals surface area (Å²) < 4.78 is 4.74. The van der Waals surface area contributed by atoms with Crippen molar-refractivity contribution in [2.75, 3.05) is 13.7 Å². The first-order chi connectivity index (χ1) is 4.31. The Labute approximate surface area is 57.9 Å². The highest BCUT2D eigenvalue weighted by molar-refractivity contribution is 5.72. The second-order valence-electron chi connectivity index (χ2n) is 1.20. The first-order valence-electron chi connectivity index (χ1n) is 3.36. The number of hydrogen-bond donors (Lipinski definition) is 0. The third kappa shape index (κ3) is 11.2. The van der Waals surface area contributed by atoms with Gasteiger partial charge in [-0.15, -0.1) is 0 Å². The van der Waals surface area contributed by atoms with Gasteiger partial charge in [0, 0.05) is 13.5 Å². The summed E-state index contributed by atoms with van der Waals surface area (Å²) in [6, 6.07) is 0. The molecule has 0 fully saturated rings. The van der Waals surface area contributed by atoms with E-state index in [9.17, 15) is 0 Å². The van der Waals surface area contributed by atoms with Gasteiger partial charge in [0.25, 0.3) is 0 Å². The smallest absolute Gasteiger partial charge is 0.179 e. The lowest BCUT2D eigenvalue weighted by atomic mass is 10.7. The Kier molecular flexibility index (Phi) is 13.1. The van der Waals surface area contributed by atoms with Crippen LogP contribution in [0.3, 0.4) is 0 Å². The van der Waals surface area contributed by atoms with Gasteiger partial charge in [0.15, 0.2) is 5.90 Å². The molecule has 0 aliphatic carbocycles. The van der Waals surface area contributed by atoms with Crippen molar-refractivity contribution >= 4 is 5.90 Å². The number of nitrogens with zero attached hydrogens (tertiary/aromatic N) is 1. The average molecular weight is 131 g/mol. The van der Waals surface area contributed by atoms with Gasteiger partial charge in [-0.3, -0.25) is 4.99 Å². The summed E-state index contributed by atoms with van der Waals surface area (Å²) in [5.41, 5.74) is 0. The van der Waals surface area contributed by atoms with Crippen LogP contribution in [0.1, 0.15) is 27.7 Å². The van der Waals surface area contributed by atoms with Crippen LogP contribution < -0.4 is 0 Å². The van der Waals surface area contributed by atoms with Crippen LogP contribution >= 0.6 is 0 Å². The van der Waals surface area contributed by atoms with Crippen LogP contribution in [-0.4, -0.2) is 19.6 Å². The van der Waals surface area contributed by atoms with Crippen molar-refractivity contribution in [2.24, 2.45) is 4.99 Å². The molecule has 2 nitrogen and oxygen atoms in total. The summed E-state index contributed by atoms with van der Waals surface area (Å²) in [6.45, 7) is 8.62. The zero-order valence-electron chi connectivity index (χ0n) is 7.06. The SMILES string of the molecule is CC.CCN=C(C)OC. The molecule has 9 heavy (non-hydrogen) atoms. The van der Waals surface area contributed by atoms with E-state index in [2.05, 4.69) is 4.99 Å². The van der Waals surface area contributed by atoms with Gasteiger partial charge in [-0.2, -0.15) is 0 Å². The Morgan fingerprint density at radius 2 is 1.89 bits per heavy atom. The van der Waals surface area contributed by atoms with E-state index >= 15 is 0 Å². The standard InChI is InChI=1S/C5H11NO.C2H6/c1-4-6-5(2)7-3;1-2/h4H2,1-3H3;1-2H3. The normalized spacial score (nSPS) is 9.67. The van der Waals surface area contributed by atoms with Crippen molar-refractivity contribution in [1.82, 2.24) is 0 Å². The van der Waals surface area contributed by atoms with Crippen molar-refractivity contribution < 1.29 is 4.74 Å². The third-order valence-corrected chi connectivity index (χ3v) is 0.676. The van der Waals surface area contributed by atoms with Gasteiger partial charge in [-0.1, -0.05) is 13.8 Å². The Balaban J connectivity index is 0. The molecule has 0 aromatic carbocycles. The maximum atomic E-state index is 4.74. The van der Waals surface area contributed by atoms with E-state index in [4.69, 9.17) is 4.74 Å². The lowest BCUT2D eigenvalue weighted by molar-refractivity contribution is 0.398. The molecule has 0 bridgehead atoms. The summed E-state index contributed by atoms with van der Waals surface area (Å²) in [6.07, 6.45) is 0. The van der Waals surface area contributed by atoms with Gasteiger partial charge in [0.05, 0.1) is 7.11 Å². The molecule has 0 heterocycles. The molecule has 0 aliphatic rings. The van der Waals surface area contributed by atoms with Gasteiger partial charge in [0.2, 0.25) is 0 Å². The molecular weight excluding hydrogens is 114 g/mol. The molecule has 0 aromatic rings. The number of ether oxygens (including phenoxy) is 1. The molecule has 56 valence electrons. The number of rotatable bonds is 1. The maximum Gasteiger partial charge on any atom is 0.179 e. The quantitative estimate of drug-likeness (QED) is 0.394. The van der Waals surface area contributed by atoms with E-state index in [1.54, 1.807) is 7.11 Å².